The summed E-state index contributed by atoms with van der Waals surface area (Å²) in [5.41, 5.74) is 1.25. The average Bonchev–Trinajstić information content (AvgIpc) is 3.13. The van der Waals surface area contributed by atoms with Gasteiger partial charge in [-0.25, -0.2) is 0 Å². The first kappa shape index (κ1) is 19.5. The van der Waals surface area contributed by atoms with Gasteiger partial charge < -0.3 is 15.5 Å². The lowest BCUT2D eigenvalue weighted by Crippen LogP contribution is -2.51. The van der Waals surface area contributed by atoms with E-state index in [0.29, 0.717) is 11.3 Å². The van der Waals surface area contributed by atoms with Crippen molar-refractivity contribution in [1.82, 2.24) is 10.2 Å². The van der Waals surface area contributed by atoms with E-state index in [1.54, 1.807) is 31.3 Å². The quantitative estimate of drug-likeness (QED) is 0.763. The molecule has 1 fully saturated rings. The van der Waals surface area contributed by atoms with Crippen LogP contribution >= 0.6 is 0 Å². The highest BCUT2D eigenvalue weighted by atomic mass is 16.2. The Morgan fingerprint density at radius 2 is 2.00 bits per heavy atom. The minimum absolute atomic E-state index is 0.0953. The zero-order valence-electron chi connectivity index (χ0n) is 15.2. The number of carbonyl (C=O) groups is 3. The first-order chi connectivity index (χ1) is 12.4. The van der Waals surface area contributed by atoms with E-state index in [2.05, 4.69) is 16.6 Å². The minimum Gasteiger partial charge on any atom is -0.344 e. The van der Waals surface area contributed by atoms with Crippen LogP contribution in [0.15, 0.2) is 24.3 Å². The van der Waals surface area contributed by atoms with E-state index < -0.39 is 6.04 Å². The van der Waals surface area contributed by atoms with Crippen LogP contribution in [0.3, 0.4) is 0 Å². The second-order valence-electron chi connectivity index (χ2n) is 6.69. The van der Waals surface area contributed by atoms with Gasteiger partial charge in [0.25, 0.3) is 0 Å². The lowest BCUT2D eigenvalue weighted by molar-refractivity contribution is -0.138. The number of rotatable bonds is 6. The number of benzene rings is 1. The molecule has 0 aliphatic heterocycles. The molecule has 1 saturated carbocycles. The molecule has 0 saturated heterocycles. The van der Waals surface area contributed by atoms with E-state index in [1.807, 2.05) is 0 Å². The highest BCUT2D eigenvalue weighted by molar-refractivity contribution is 5.96. The Hall–Kier alpha value is -2.81. The molecule has 1 atom stereocenters. The largest absolute Gasteiger partial charge is 0.344 e. The Morgan fingerprint density at radius 3 is 2.62 bits per heavy atom. The Bertz CT molecular complexity index is 717. The van der Waals surface area contributed by atoms with E-state index in [-0.39, 0.29) is 30.2 Å². The van der Waals surface area contributed by atoms with Crippen molar-refractivity contribution in [1.29, 1.82) is 0 Å². The number of amides is 3. The van der Waals surface area contributed by atoms with Crippen LogP contribution in [0.5, 0.6) is 0 Å². The summed E-state index contributed by atoms with van der Waals surface area (Å²) >= 11 is 0. The van der Waals surface area contributed by atoms with Crippen LogP contribution in [0.4, 0.5) is 5.69 Å². The van der Waals surface area contributed by atoms with Gasteiger partial charge in [0.2, 0.25) is 17.7 Å². The molecule has 6 heteroatoms. The number of terminal acetylenes is 1. The van der Waals surface area contributed by atoms with Crippen molar-refractivity contribution in [2.75, 3.05) is 18.9 Å². The number of likely N-dealkylation sites (N-methyl/N-ethyl adjacent to an activating group) is 1. The van der Waals surface area contributed by atoms with E-state index in [0.717, 1.165) is 25.7 Å². The number of hydrogen-bond donors (Lipinski definition) is 2. The smallest absolute Gasteiger partial charge is 0.245 e. The SMILES string of the molecule is C#Cc1cccc(NC(=O)CN(C)C(=O)C(NC(C)=O)C2CCCC2)c1. The number of hydrogen-bond acceptors (Lipinski definition) is 3. The molecule has 138 valence electrons. The molecule has 1 aromatic carbocycles. The zero-order valence-corrected chi connectivity index (χ0v) is 15.2. The summed E-state index contributed by atoms with van der Waals surface area (Å²) in [5, 5.41) is 5.49. The van der Waals surface area contributed by atoms with Crippen molar-refractivity contribution in [2.45, 2.75) is 38.6 Å². The fourth-order valence-corrected chi connectivity index (χ4v) is 3.31. The van der Waals surface area contributed by atoms with Gasteiger partial charge in [-0.05, 0) is 37.0 Å². The zero-order chi connectivity index (χ0) is 19.1. The van der Waals surface area contributed by atoms with Crippen molar-refractivity contribution < 1.29 is 14.4 Å². The van der Waals surface area contributed by atoms with Crippen LogP contribution in [0.2, 0.25) is 0 Å². The highest BCUT2D eigenvalue weighted by Crippen LogP contribution is 2.28. The maximum absolute atomic E-state index is 12.8. The van der Waals surface area contributed by atoms with Gasteiger partial charge in [0.1, 0.15) is 6.04 Å². The van der Waals surface area contributed by atoms with Gasteiger partial charge in [0.05, 0.1) is 6.54 Å². The Kier molecular flexibility index (Phi) is 6.79. The van der Waals surface area contributed by atoms with Gasteiger partial charge in [0, 0.05) is 25.2 Å². The number of carbonyl (C=O) groups excluding carboxylic acids is 3. The van der Waals surface area contributed by atoms with Crippen molar-refractivity contribution in [3.05, 3.63) is 29.8 Å². The lowest BCUT2D eigenvalue weighted by Gasteiger charge is -2.28. The van der Waals surface area contributed by atoms with Crippen LogP contribution in [0.1, 0.15) is 38.2 Å². The lowest BCUT2D eigenvalue weighted by atomic mass is 9.96. The molecule has 2 N–H and O–H groups in total. The second-order valence-corrected chi connectivity index (χ2v) is 6.69. The van der Waals surface area contributed by atoms with Crippen LogP contribution in [-0.4, -0.2) is 42.3 Å². The van der Waals surface area contributed by atoms with E-state index in [4.69, 9.17) is 6.42 Å². The Morgan fingerprint density at radius 1 is 1.31 bits per heavy atom. The topological polar surface area (TPSA) is 78.5 Å². The third-order valence-electron chi connectivity index (χ3n) is 4.57. The summed E-state index contributed by atoms with van der Waals surface area (Å²) in [4.78, 5) is 37.9. The second kappa shape index (κ2) is 9.04. The van der Waals surface area contributed by atoms with E-state index in [9.17, 15) is 14.4 Å². The normalized spacial score (nSPS) is 15.0. The molecule has 3 amide bonds. The van der Waals surface area contributed by atoms with Crippen LogP contribution in [0.25, 0.3) is 0 Å². The molecule has 0 bridgehead atoms. The van der Waals surface area contributed by atoms with Crippen molar-refractivity contribution in [3.8, 4) is 12.3 Å². The fraction of sp³-hybridized carbons (Fsp3) is 0.450. The Balaban J connectivity index is 1.98. The van der Waals surface area contributed by atoms with Crippen molar-refractivity contribution in [3.63, 3.8) is 0 Å². The first-order valence-corrected chi connectivity index (χ1v) is 8.79. The third-order valence-corrected chi connectivity index (χ3v) is 4.57. The molecule has 1 unspecified atom stereocenters. The summed E-state index contributed by atoms with van der Waals surface area (Å²) < 4.78 is 0. The van der Waals surface area contributed by atoms with Gasteiger partial charge in [-0.1, -0.05) is 24.8 Å². The maximum Gasteiger partial charge on any atom is 0.245 e. The maximum atomic E-state index is 12.8. The molecule has 2 rings (SSSR count). The predicted molar refractivity (Wildman–Crippen MR) is 100 cm³/mol. The highest BCUT2D eigenvalue weighted by Gasteiger charge is 2.33. The molecule has 0 heterocycles. The van der Waals surface area contributed by atoms with E-state index >= 15 is 0 Å². The summed E-state index contributed by atoms with van der Waals surface area (Å²) in [5.74, 6) is 1.85. The van der Waals surface area contributed by atoms with Gasteiger partial charge in [-0.3, -0.25) is 14.4 Å². The van der Waals surface area contributed by atoms with Gasteiger partial charge in [-0.2, -0.15) is 0 Å². The van der Waals surface area contributed by atoms with Gasteiger partial charge >= 0.3 is 0 Å². The summed E-state index contributed by atoms with van der Waals surface area (Å²) in [6.45, 7) is 1.31. The first-order valence-electron chi connectivity index (χ1n) is 8.79. The molecule has 0 spiro atoms. The number of anilines is 1. The fourth-order valence-electron chi connectivity index (χ4n) is 3.31. The molecule has 1 aliphatic carbocycles. The molecule has 1 aromatic rings. The van der Waals surface area contributed by atoms with Crippen LogP contribution < -0.4 is 10.6 Å². The summed E-state index contributed by atoms with van der Waals surface area (Å²) in [6, 6.07) is 6.38. The molecule has 26 heavy (non-hydrogen) atoms. The van der Waals surface area contributed by atoms with Crippen molar-refractivity contribution >= 4 is 23.4 Å². The van der Waals surface area contributed by atoms with Gasteiger partial charge in [-0.15, -0.1) is 6.42 Å². The molecular formula is C20H25N3O3. The standard InChI is InChI=1S/C20H25N3O3/c1-4-15-8-7-11-17(12-15)22-18(25)13-23(3)20(26)19(21-14(2)24)16-9-5-6-10-16/h1,7-8,11-12,16,19H,5-6,9-10,13H2,2-3H3,(H,21,24)(H,22,25). The van der Waals surface area contributed by atoms with Gasteiger partial charge in [0.15, 0.2) is 0 Å². The molecular weight excluding hydrogens is 330 g/mol. The molecule has 1 aliphatic rings. The molecule has 6 nitrogen and oxygen atoms in total. The monoisotopic (exact) mass is 355 g/mol. The summed E-state index contributed by atoms with van der Waals surface area (Å²) in [6.07, 6.45) is 9.30. The van der Waals surface area contributed by atoms with Crippen molar-refractivity contribution in [2.24, 2.45) is 5.92 Å². The molecule has 0 aromatic heterocycles. The van der Waals surface area contributed by atoms with E-state index in [1.165, 1.54) is 11.8 Å². The average molecular weight is 355 g/mol. The summed E-state index contributed by atoms with van der Waals surface area (Å²) in [7, 11) is 1.57. The predicted octanol–water partition coefficient (Wildman–Crippen LogP) is 1.76. The number of nitrogens with one attached hydrogen (secondary N) is 2. The number of nitrogens with zero attached hydrogens (tertiary/aromatic N) is 1. The van der Waals surface area contributed by atoms with Crippen LogP contribution in [0, 0.1) is 18.3 Å². The van der Waals surface area contributed by atoms with Crippen LogP contribution in [-0.2, 0) is 14.4 Å². The third kappa shape index (κ3) is 5.35. The Labute approximate surface area is 154 Å². The molecule has 0 radical (unpaired) electrons. The minimum atomic E-state index is -0.572.